The second-order valence-corrected chi connectivity index (χ2v) is 6.53. The third-order valence-electron chi connectivity index (χ3n) is 4.36. The minimum atomic E-state index is 0.736. The minimum Gasteiger partial charge on any atom is -0.355 e. The van der Waals surface area contributed by atoms with Crippen LogP contribution in [0, 0.1) is 6.92 Å². The van der Waals surface area contributed by atoms with Crippen molar-refractivity contribution in [3.05, 3.63) is 41.2 Å². The highest BCUT2D eigenvalue weighted by molar-refractivity contribution is 6.30. The van der Waals surface area contributed by atoms with Gasteiger partial charge in [0.2, 0.25) is 0 Å². The molecule has 0 radical (unpaired) electrons. The molecule has 0 aliphatic carbocycles. The lowest BCUT2D eigenvalue weighted by molar-refractivity contribution is 0.574. The minimum absolute atomic E-state index is 0.736. The fraction of sp³-hybridized carbons (Fsp3) is 0.333. The van der Waals surface area contributed by atoms with Gasteiger partial charge in [0.25, 0.3) is 0 Å². The number of piperidine rings is 1. The van der Waals surface area contributed by atoms with Crippen LogP contribution in [0.15, 0.2) is 30.3 Å². The van der Waals surface area contributed by atoms with Crippen molar-refractivity contribution in [3.8, 4) is 11.3 Å². The topological polar surface area (TPSA) is 44.8 Å². The van der Waals surface area contributed by atoms with Gasteiger partial charge in [-0.1, -0.05) is 23.7 Å². The molecule has 3 heterocycles. The van der Waals surface area contributed by atoms with Crippen molar-refractivity contribution in [1.29, 1.82) is 0 Å². The van der Waals surface area contributed by atoms with E-state index in [0.717, 1.165) is 52.0 Å². The van der Waals surface area contributed by atoms with Gasteiger partial charge in [0, 0.05) is 23.8 Å². The average molecular weight is 327 g/mol. The van der Waals surface area contributed by atoms with Crippen LogP contribution in [0.3, 0.4) is 0 Å². The van der Waals surface area contributed by atoms with E-state index in [1.807, 2.05) is 25.1 Å². The number of hydrogen-bond donors (Lipinski definition) is 1. The predicted octanol–water partition coefficient (Wildman–Crippen LogP) is 4.58. The Bertz CT molecular complexity index is 849. The number of fused-ring (bicyclic) bond motifs is 1. The van der Waals surface area contributed by atoms with Crippen LogP contribution < -0.4 is 4.90 Å². The first-order chi connectivity index (χ1) is 11.2. The van der Waals surface area contributed by atoms with Crippen LogP contribution in [0.25, 0.3) is 22.3 Å². The summed E-state index contributed by atoms with van der Waals surface area (Å²) in [6.45, 7) is 4.09. The third-order valence-corrected chi connectivity index (χ3v) is 4.60. The molecule has 1 aromatic carbocycles. The van der Waals surface area contributed by atoms with E-state index in [1.165, 1.54) is 19.3 Å². The maximum absolute atomic E-state index is 6.12. The first kappa shape index (κ1) is 14.5. The summed E-state index contributed by atoms with van der Waals surface area (Å²) in [5.41, 5.74) is 4.08. The van der Waals surface area contributed by atoms with Crippen molar-refractivity contribution in [2.45, 2.75) is 26.2 Å². The van der Waals surface area contributed by atoms with Crippen molar-refractivity contribution in [1.82, 2.24) is 15.0 Å². The third kappa shape index (κ3) is 2.79. The van der Waals surface area contributed by atoms with Crippen LogP contribution >= 0.6 is 11.6 Å². The molecule has 4 rings (SSSR count). The number of nitrogens with one attached hydrogen (secondary N) is 1. The Hall–Kier alpha value is -2.07. The van der Waals surface area contributed by atoms with Crippen molar-refractivity contribution in [2.24, 2.45) is 0 Å². The molecule has 0 spiro atoms. The molecule has 0 bridgehead atoms. The normalized spacial score (nSPS) is 15.3. The van der Waals surface area contributed by atoms with Crippen molar-refractivity contribution < 1.29 is 0 Å². The van der Waals surface area contributed by atoms with Gasteiger partial charge in [-0.3, -0.25) is 0 Å². The molecule has 1 N–H and O–H groups in total. The van der Waals surface area contributed by atoms with E-state index < -0.39 is 0 Å². The summed E-state index contributed by atoms with van der Waals surface area (Å²) in [5.74, 6) is 1.84. The van der Waals surface area contributed by atoms with Crippen LogP contribution in [-0.2, 0) is 0 Å². The number of rotatable bonds is 2. The zero-order chi connectivity index (χ0) is 15.8. The summed E-state index contributed by atoms with van der Waals surface area (Å²) >= 11 is 6.12. The molecular formula is C18H19ClN4. The number of nitrogens with zero attached hydrogens (tertiary/aromatic N) is 3. The molecule has 2 aromatic heterocycles. The van der Waals surface area contributed by atoms with E-state index in [9.17, 15) is 0 Å². The number of hydrogen-bond acceptors (Lipinski definition) is 3. The molecule has 3 aromatic rings. The van der Waals surface area contributed by atoms with Gasteiger partial charge >= 0.3 is 0 Å². The quantitative estimate of drug-likeness (QED) is 0.750. The number of halogens is 1. The smallest absolute Gasteiger partial charge is 0.156 e. The molecule has 0 atom stereocenters. The lowest BCUT2D eigenvalue weighted by Crippen LogP contribution is -2.30. The number of H-pyrrole nitrogens is 1. The number of aromatic amines is 1. The Morgan fingerprint density at radius 2 is 1.91 bits per heavy atom. The fourth-order valence-corrected chi connectivity index (χ4v) is 3.45. The van der Waals surface area contributed by atoms with E-state index in [-0.39, 0.29) is 0 Å². The Kier molecular flexibility index (Phi) is 3.69. The molecule has 23 heavy (non-hydrogen) atoms. The summed E-state index contributed by atoms with van der Waals surface area (Å²) in [6, 6.07) is 9.95. The van der Waals surface area contributed by atoms with Gasteiger partial charge in [0.05, 0.1) is 5.52 Å². The Morgan fingerprint density at radius 3 is 2.70 bits per heavy atom. The Labute approximate surface area is 140 Å². The average Bonchev–Trinajstić information content (AvgIpc) is 2.99. The largest absolute Gasteiger partial charge is 0.355 e. The van der Waals surface area contributed by atoms with Gasteiger partial charge in [-0.05, 0) is 49.9 Å². The maximum Gasteiger partial charge on any atom is 0.156 e. The summed E-state index contributed by atoms with van der Waals surface area (Å²) in [5, 5.41) is 0.736. The fourth-order valence-electron chi connectivity index (χ4n) is 3.26. The summed E-state index contributed by atoms with van der Waals surface area (Å²) < 4.78 is 0. The van der Waals surface area contributed by atoms with Gasteiger partial charge in [-0.15, -0.1) is 0 Å². The van der Waals surface area contributed by atoms with E-state index in [1.54, 1.807) is 0 Å². The summed E-state index contributed by atoms with van der Waals surface area (Å²) in [7, 11) is 0. The van der Waals surface area contributed by atoms with Crippen LogP contribution in [-0.4, -0.2) is 28.0 Å². The predicted molar refractivity (Wildman–Crippen MR) is 95.1 cm³/mol. The molecule has 0 amide bonds. The van der Waals surface area contributed by atoms with E-state index >= 15 is 0 Å². The first-order valence-electron chi connectivity index (χ1n) is 8.09. The molecule has 1 saturated heterocycles. The maximum atomic E-state index is 6.12. The highest BCUT2D eigenvalue weighted by atomic mass is 35.5. The molecule has 0 saturated carbocycles. The van der Waals surface area contributed by atoms with Crippen LogP contribution in [0.1, 0.15) is 25.1 Å². The van der Waals surface area contributed by atoms with E-state index in [2.05, 4.69) is 27.0 Å². The standard InChI is InChI=1S/C18H19ClN4/c1-12-20-16-11-15(13-6-5-7-14(19)10-13)22-17(16)18(21-12)23-8-3-2-4-9-23/h5-7,10-11,22H,2-4,8-9H2,1H3. The molecule has 4 nitrogen and oxygen atoms in total. The number of anilines is 1. The lowest BCUT2D eigenvalue weighted by atomic mass is 10.1. The molecule has 118 valence electrons. The Morgan fingerprint density at radius 1 is 1.09 bits per heavy atom. The first-order valence-corrected chi connectivity index (χ1v) is 8.47. The van der Waals surface area contributed by atoms with Crippen molar-refractivity contribution >= 4 is 28.5 Å². The lowest BCUT2D eigenvalue weighted by Gasteiger charge is -2.28. The van der Waals surface area contributed by atoms with Crippen molar-refractivity contribution in [2.75, 3.05) is 18.0 Å². The van der Waals surface area contributed by atoms with Crippen molar-refractivity contribution in [3.63, 3.8) is 0 Å². The van der Waals surface area contributed by atoms with E-state index in [4.69, 9.17) is 16.6 Å². The molecule has 5 heteroatoms. The molecule has 1 aliphatic rings. The SMILES string of the molecule is Cc1nc(N2CCCCC2)c2[nH]c(-c3cccc(Cl)c3)cc2n1. The molecule has 1 aliphatic heterocycles. The number of aryl methyl sites for hydroxylation is 1. The second kappa shape index (κ2) is 5.85. The zero-order valence-electron chi connectivity index (χ0n) is 13.1. The highest BCUT2D eigenvalue weighted by Gasteiger charge is 2.18. The van der Waals surface area contributed by atoms with Crippen LogP contribution in [0.2, 0.25) is 5.02 Å². The molecule has 0 unspecified atom stereocenters. The van der Waals surface area contributed by atoms with Gasteiger partial charge < -0.3 is 9.88 Å². The monoisotopic (exact) mass is 326 g/mol. The number of benzene rings is 1. The number of aromatic nitrogens is 3. The highest BCUT2D eigenvalue weighted by Crippen LogP contribution is 2.30. The molecule has 1 fully saturated rings. The van der Waals surface area contributed by atoms with Gasteiger partial charge in [0.1, 0.15) is 11.3 Å². The van der Waals surface area contributed by atoms with Crippen LogP contribution in [0.5, 0.6) is 0 Å². The summed E-state index contributed by atoms with van der Waals surface area (Å²) in [6.07, 6.45) is 3.76. The van der Waals surface area contributed by atoms with Gasteiger partial charge in [0.15, 0.2) is 5.82 Å². The zero-order valence-corrected chi connectivity index (χ0v) is 13.9. The second-order valence-electron chi connectivity index (χ2n) is 6.10. The van der Waals surface area contributed by atoms with Gasteiger partial charge in [-0.2, -0.15) is 0 Å². The Balaban J connectivity index is 1.84. The molecular weight excluding hydrogens is 308 g/mol. The summed E-state index contributed by atoms with van der Waals surface area (Å²) in [4.78, 5) is 15.2. The van der Waals surface area contributed by atoms with Gasteiger partial charge in [-0.25, -0.2) is 9.97 Å². The van der Waals surface area contributed by atoms with Crippen LogP contribution in [0.4, 0.5) is 5.82 Å². The van der Waals surface area contributed by atoms with E-state index in [0.29, 0.717) is 0 Å².